The summed E-state index contributed by atoms with van der Waals surface area (Å²) >= 11 is 3.22. The molecule has 1 aliphatic carbocycles. The quantitative estimate of drug-likeness (QED) is 0.769. The topological polar surface area (TPSA) is 56.0 Å². The van der Waals surface area contributed by atoms with Gasteiger partial charge in [0.2, 0.25) is 0 Å². The van der Waals surface area contributed by atoms with E-state index in [1.54, 1.807) is 30.9 Å². The summed E-state index contributed by atoms with van der Waals surface area (Å²) in [5.74, 6) is -0.169. The van der Waals surface area contributed by atoms with Crippen LogP contribution in [0.25, 0.3) is 0 Å². The van der Waals surface area contributed by atoms with Crippen LogP contribution in [0.4, 0.5) is 10.2 Å². The lowest BCUT2D eigenvalue weighted by Gasteiger charge is -2.26. The van der Waals surface area contributed by atoms with Crippen molar-refractivity contribution in [3.63, 3.8) is 0 Å². The fourth-order valence-corrected chi connectivity index (χ4v) is 4.39. The van der Waals surface area contributed by atoms with Gasteiger partial charge in [-0.2, -0.15) is 0 Å². The van der Waals surface area contributed by atoms with Gasteiger partial charge >= 0.3 is 0 Å². The van der Waals surface area contributed by atoms with E-state index in [0.29, 0.717) is 27.8 Å². The molecule has 1 N–H and O–H groups in total. The highest BCUT2D eigenvalue weighted by molar-refractivity contribution is 9.10. The summed E-state index contributed by atoms with van der Waals surface area (Å²) in [6, 6.07) is 4.67. The molecule has 0 amide bonds. The summed E-state index contributed by atoms with van der Waals surface area (Å²) in [6.45, 7) is 3.82. The molecular formula is C19H19BrFN3O2. The Labute approximate surface area is 158 Å². The van der Waals surface area contributed by atoms with Gasteiger partial charge in [-0.3, -0.25) is 19.0 Å². The van der Waals surface area contributed by atoms with Crippen molar-refractivity contribution < 1.29 is 9.18 Å². The van der Waals surface area contributed by atoms with E-state index in [1.807, 2.05) is 13.8 Å². The minimum Gasteiger partial charge on any atom is -0.343 e. The predicted molar refractivity (Wildman–Crippen MR) is 101 cm³/mol. The molecule has 1 atom stereocenters. The molecule has 0 saturated carbocycles. The highest BCUT2D eigenvalue weighted by Gasteiger charge is 2.47. The van der Waals surface area contributed by atoms with Gasteiger partial charge in [0, 0.05) is 43.1 Å². The standard InChI is InChI=1S/C19H19BrFN3O2/c1-19(2)8-12-14(16(19)25)13(9-5-6-11(21)10(20)7-9)15-17(22-12)23(3)24(4)18(15)26/h5-7,13,22H,8H2,1-4H3. The first kappa shape index (κ1) is 17.3. The van der Waals surface area contributed by atoms with Crippen LogP contribution in [0.2, 0.25) is 0 Å². The first-order chi connectivity index (χ1) is 12.1. The second kappa shape index (κ2) is 5.42. The lowest BCUT2D eigenvalue weighted by Crippen LogP contribution is -2.27. The molecule has 1 aromatic heterocycles. The maximum absolute atomic E-state index is 13.8. The second-order valence-corrected chi connectivity index (χ2v) is 8.48. The van der Waals surface area contributed by atoms with Crippen LogP contribution in [-0.2, 0) is 18.9 Å². The van der Waals surface area contributed by atoms with Crippen LogP contribution in [0.5, 0.6) is 0 Å². The van der Waals surface area contributed by atoms with Crippen molar-refractivity contribution in [1.82, 2.24) is 9.36 Å². The Morgan fingerprint density at radius 1 is 1.23 bits per heavy atom. The molecule has 1 unspecified atom stereocenters. The van der Waals surface area contributed by atoms with Crippen LogP contribution in [0.15, 0.2) is 38.7 Å². The molecule has 2 aliphatic rings. The average Bonchev–Trinajstić information content (AvgIpc) is 2.94. The number of hydrogen-bond donors (Lipinski definition) is 1. The fourth-order valence-electron chi connectivity index (χ4n) is 3.99. The largest absolute Gasteiger partial charge is 0.343 e. The van der Waals surface area contributed by atoms with Crippen molar-refractivity contribution in [1.29, 1.82) is 0 Å². The lowest BCUT2D eigenvalue weighted by atomic mass is 9.79. The molecule has 1 aliphatic heterocycles. The Hall–Kier alpha value is -2.15. The number of nitrogens with zero attached hydrogens (tertiary/aromatic N) is 2. The van der Waals surface area contributed by atoms with Gasteiger partial charge in [0.1, 0.15) is 11.6 Å². The number of carbonyl (C=O) groups is 1. The number of fused-ring (bicyclic) bond motifs is 1. The maximum atomic E-state index is 13.8. The minimum absolute atomic E-state index is 0.0296. The summed E-state index contributed by atoms with van der Waals surface area (Å²) < 4.78 is 17.4. The molecule has 0 fully saturated rings. The lowest BCUT2D eigenvalue weighted by molar-refractivity contribution is -0.122. The molecule has 2 aromatic rings. The van der Waals surface area contributed by atoms with E-state index < -0.39 is 11.3 Å². The van der Waals surface area contributed by atoms with E-state index in [0.717, 1.165) is 11.3 Å². The molecule has 26 heavy (non-hydrogen) atoms. The smallest absolute Gasteiger partial charge is 0.272 e. The summed E-state index contributed by atoms with van der Waals surface area (Å²) in [4.78, 5) is 26.0. The van der Waals surface area contributed by atoms with E-state index in [2.05, 4.69) is 21.2 Å². The highest BCUT2D eigenvalue weighted by atomic mass is 79.9. The molecule has 5 nitrogen and oxygen atoms in total. The van der Waals surface area contributed by atoms with Crippen LogP contribution >= 0.6 is 15.9 Å². The number of anilines is 1. The third-order valence-corrected chi connectivity index (χ3v) is 6.09. The predicted octanol–water partition coefficient (Wildman–Crippen LogP) is 3.44. The monoisotopic (exact) mass is 419 g/mol. The van der Waals surface area contributed by atoms with E-state index in [1.165, 1.54) is 10.7 Å². The van der Waals surface area contributed by atoms with Crippen LogP contribution in [0, 0.1) is 11.2 Å². The van der Waals surface area contributed by atoms with Gasteiger partial charge in [0.25, 0.3) is 5.56 Å². The molecule has 7 heteroatoms. The van der Waals surface area contributed by atoms with Crippen molar-refractivity contribution in [2.24, 2.45) is 19.5 Å². The van der Waals surface area contributed by atoms with Gasteiger partial charge in [0.15, 0.2) is 5.78 Å². The van der Waals surface area contributed by atoms with Crippen molar-refractivity contribution in [2.75, 3.05) is 5.32 Å². The van der Waals surface area contributed by atoms with Gasteiger partial charge in [0.05, 0.1) is 10.0 Å². The zero-order valence-electron chi connectivity index (χ0n) is 15.0. The summed E-state index contributed by atoms with van der Waals surface area (Å²) in [7, 11) is 3.50. The van der Waals surface area contributed by atoms with Crippen molar-refractivity contribution in [2.45, 2.75) is 26.2 Å². The third-order valence-electron chi connectivity index (χ3n) is 5.48. The molecular weight excluding hydrogens is 401 g/mol. The Bertz CT molecular complexity index is 1060. The number of aromatic nitrogens is 2. The van der Waals surface area contributed by atoms with Gasteiger partial charge in [-0.05, 0) is 33.6 Å². The fraction of sp³-hybridized carbons (Fsp3) is 0.368. The first-order valence-electron chi connectivity index (χ1n) is 8.39. The molecule has 2 heterocycles. The Kier molecular flexibility index (Phi) is 3.60. The maximum Gasteiger partial charge on any atom is 0.272 e. The van der Waals surface area contributed by atoms with Gasteiger partial charge < -0.3 is 5.32 Å². The van der Waals surface area contributed by atoms with Crippen molar-refractivity contribution >= 4 is 27.5 Å². The van der Waals surface area contributed by atoms with Gasteiger partial charge in [-0.25, -0.2) is 4.39 Å². The van der Waals surface area contributed by atoms with Crippen molar-refractivity contribution in [3.8, 4) is 0 Å². The number of ketones is 1. The molecule has 4 rings (SSSR count). The number of hydrogen-bond acceptors (Lipinski definition) is 3. The summed E-state index contributed by atoms with van der Waals surface area (Å²) in [6.07, 6.45) is 0.586. The molecule has 0 spiro atoms. The average molecular weight is 420 g/mol. The number of nitrogens with one attached hydrogen (secondary N) is 1. The number of allylic oxidation sites excluding steroid dienone is 2. The SMILES string of the molecule is Cn1c2c(c(=O)n1C)C(c1ccc(F)c(Br)c1)C1=C(CC(C)(C)C1=O)N2. The second-order valence-electron chi connectivity index (χ2n) is 7.63. The normalized spacial score (nSPS) is 20.8. The van der Waals surface area contributed by atoms with Crippen LogP contribution < -0.4 is 10.9 Å². The van der Waals surface area contributed by atoms with Crippen LogP contribution in [-0.4, -0.2) is 15.1 Å². The minimum atomic E-state index is -0.527. The molecule has 0 bridgehead atoms. The number of benzene rings is 1. The molecule has 0 saturated heterocycles. The summed E-state index contributed by atoms with van der Waals surface area (Å²) in [5, 5.41) is 3.32. The van der Waals surface area contributed by atoms with E-state index in [4.69, 9.17) is 0 Å². The molecule has 1 aromatic carbocycles. The molecule has 0 radical (unpaired) electrons. The zero-order valence-corrected chi connectivity index (χ0v) is 16.6. The Balaban J connectivity index is 2.02. The van der Waals surface area contributed by atoms with E-state index in [9.17, 15) is 14.0 Å². The highest BCUT2D eigenvalue weighted by Crippen LogP contribution is 2.50. The van der Waals surface area contributed by atoms with Crippen molar-refractivity contribution in [3.05, 3.63) is 61.2 Å². The van der Waals surface area contributed by atoms with Gasteiger partial charge in [-0.15, -0.1) is 0 Å². The van der Waals surface area contributed by atoms with Crippen LogP contribution in [0.1, 0.15) is 37.3 Å². The zero-order chi connectivity index (χ0) is 19.0. The Morgan fingerprint density at radius 2 is 1.92 bits per heavy atom. The number of Topliss-reactive ketones (excluding diaryl/α,β-unsaturated/α-hetero) is 1. The van der Waals surface area contributed by atoms with Gasteiger partial charge in [-0.1, -0.05) is 19.9 Å². The Morgan fingerprint density at radius 3 is 2.58 bits per heavy atom. The van der Waals surface area contributed by atoms with E-state index >= 15 is 0 Å². The van der Waals surface area contributed by atoms with Crippen LogP contribution in [0.3, 0.4) is 0 Å². The summed E-state index contributed by atoms with van der Waals surface area (Å²) in [5.41, 5.74) is 2.02. The molecule has 136 valence electrons. The number of carbonyl (C=O) groups excluding carboxylic acids is 1. The number of halogens is 2. The number of rotatable bonds is 1. The first-order valence-corrected chi connectivity index (χ1v) is 9.18. The van der Waals surface area contributed by atoms with E-state index in [-0.39, 0.29) is 17.2 Å². The third kappa shape index (κ3) is 2.19.